The number of nitrogens with zero attached hydrogens (tertiary/aromatic N) is 2. The van der Waals surface area contributed by atoms with Gasteiger partial charge >= 0.3 is 0 Å². The number of aromatic amines is 1. The lowest BCUT2D eigenvalue weighted by atomic mass is 9.96. The highest BCUT2D eigenvalue weighted by atomic mass is 16.5. The highest BCUT2D eigenvalue weighted by Gasteiger charge is 2.41. The summed E-state index contributed by atoms with van der Waals surface area (Å²) in [6.07, 6.45) is 0. The zero-order valence-corrected chi connectivity index (χ0v) is 14.0. The van der Waals surface area contributed by atoms with Crippen molar-refractivity contribution in [1.29, 1.82) is 0 Å². The van der Waals surface area contributed by atoms with E-state index in [9.17, 15) is 4.79 Å². The van der Waals surface area contributed by atoms with Gasteiger partial charge in [-0.3, -0.25) is 9.89 Å². The maximum Gasteiger partial charge on any atom is 0.273 e. The number of hydrogen-bond donors (Lipinski definition) is 1. The first-order valence-corrected chi connectivity index (χ1v) is 8.30. The Morgan fingerprint density at radius 2 is 1.76 bits per heavy atom. The van der Waals surface area contributed by atoms with Crippen LogP contribution in [0.4, 0.5) is 0 Å². The Kier molecular flexibility index (Phi) is 4.07. The molecule has 3 aromatic rings. The van der Waals surface area contributed by atoms with Gasteiger partial charge in [0.15, 0.2) is 0 Å². The molecule has 1 atom stereocenters. The van der Waals surface area contributed by atoms with E-state index in [-0.39, 0.29) is 11.9 Å². The Balaban J connectivity index is 1.86. The fraction of sp³-hybridized carbons (Fsp3) is 0.200. The molecule has 5 heteroatoms. The number of nitrogens with one attached hydrogen (secondary N) is 1. The smallest absolute Gasteiger partial charge is 0.273 e. The average molecular weight is 333 g/mol. The van der Waals surface area contributed by atoms with E-state index in [0.717, 1.165) is 22.4 Å². The van der Waals surface area contributed by atoms with Crippen LogP contribution in [0.5, 0.6) is 0 Å². The van der Waals surface area contributed by atoms with E-state index in [2.05, 4.69) is 22.3 Å². The molecule has 0 radical (unpaired) electrons. The SMILES string of the molecule is COCCN1C(=O)c2[nH]nc(-c3ccccc3)c2C1c1ccccc1. The summed E-state index contributed by atoms with van der Waals surface area (Å²) in [5.41, 5.74) is 4.42. The van der Waals surface area contributed by atoms with Gasteiger partial charge in [0.05, 0.1) is 18.3 Å². The zero-order valence-electron chi connectivity index (χ0n) is 14.0. The molecule has 0 aliphatic carbocycles. The summed E-state index contributed by atoms with van der Waals surface area (Å²) in [5.74, 6) is -0.0319. The largest absolute Gasteiger partial charge is 0.383 e. The van der Waals surface area contributed by atoms with Crippen LogP contribution < -0.4 is 0 Å². The van der Waals surface area contributed by atoms with Crippen molar-refractivity contribution in [2.75, 3.05) is 20.3 Å². The van der Waals surface area contributed by atoms with Crippen molar-refractivity contribution in [1.82, 2.24) is 15.1 Å². The average Bonchev–Trinajstić information content (AvgIpc) is 3.21. The number of carbonyl (C=O) groups is 1. The lowest BCUT2D eigenvalue weighted by Gasteiger charge is -2.26. The predicted octanol–water partition coefficient (Wildman–Crippen LogP) is 3.27. The van der Waals surface area contributed by atoms with Crippen molar-refractivity contribution < 1.29 is 9.53 Å². The molecular formula is C20H19N3O2. The minimum atomic E-state index is -0.159. The van der Waals surface area contributed by atoms with E-state index in [4.69, 9.17) is 4.74 Å². The molecule has 1 aliphatic rings. The Hall–Kier alpha value is -2.92. The lowest BCUT2D eigenvalue weighted by molar-refractivity contribution is 0.0677. The van der Waals surface area contributed by atoms with Crippen LogP contribution in [-0.2, 0) is 4.74 Å². The number of carbonyl (C=O) groups excluding carboxylic acids is 1. The number of benzene rings is 2. The monoisotopic (exact) mass is 333 g/mol. The molecule has 4 rings (SSSR count). The number of amides is 1. The van der Waals surface area contributed by atoms with E-state index in [0.29, 0.717) is 18.8 Å². The third-order valence-electron chi connectivity index (χ3n) is 4.56. The normalized spacial score (nSPS) is 16.3. The fourth-order valence-electron chi connectivity index (χ4n) is 3.41. The molecular weight excluding hydrogens is 314 g/mol. The summed E-state index contributed by atoms with van der Waals surface area (Å²) in [6, 6.07) is 19.9. The molecule has 2 aromatic carbocycles. The van der Waals surface area contributed by atoms with Crippen molar-refractivity contribution in [3.63, 3.8) is 0 Å². The number of hydrogen-bond acceptors (Lipinski definition) is 3. The van der Waals surface area contributed by atoms with Crippen LogP contribution in [0.25, 0.3) is 11.3 Å². The van der Waals surface area contributed by atoms with Crippen LogP contribution in [-0.4, -0.2) is 41.3 Å². The van der Waals surface area contributed by atoms with Gasteiger partial charge in [-0.1, -0.05) is 60.7 Å². The van der Waals surface area contributed by atoms with Crippen molar-refractivity contribution in [3.05, 3.63) is 77.5 Å². The number of rotatable bonds is 5. The summed E-state index contributed by atoms with van der Waals surface area (Å²) in [6.45, 7) is 1.03. The van der Waals surface area contributed by atoms with Gasteiger partial charge in [-0.25, -0.2) is 0 Å². The number of methoxy groups -OCH3 is 1. The van der Waals surface area contributed by atoms with E-state index in [1.165, 1.54) is 0 Å². The van der Waals surface area contributed by atoms with E-state index in [1.807, 2.05) is 53.4 Å². The second-order valence-corrected chi connectivity index (χ2v) is 6.03. The summed E-state index contributed by atoms with van der Waals surface area (Å²) >= 11 is 0. The quantitative estimate of drug-likeness (QED) is 0.779. The zero-order chi connectivity index (χ0) is 17.2. The molecule has 1 aliphatic heterocycles. The van der Waals surface area contributed by atoms with E-state index in [1.54, 1.807) is 7.11 Å². The maximum atomic E-state index is 12.9. The van der Waals surface area contributed by atoms with Gasteiger partial charge < -0.3 is 9.64 Å². The van der Waals surface area contributed by atoms with E-state index < -0.39 is 0 Å². The van der Waals surface area contributed by atoms with Gasteiger partial charge in [0.2, 0.25) is 0 Å². The van der Waals surface area contributed by atoms with Gasteiger partial charge in [-0.05, 0) is 5.56 Å². The van der Waals surface area contributed by atoms with Gasteiger partial charge in [0, 0.05) is 24.8 Å². The molecule has 1 N–H and O–H groups in total. The Morgan fingerprint density at radius 1 is 1.08 bits per heavy atom. The predicted molar refractivity (Wildman–Crippen MR) is 95.2 cm³/mol. The number of aromatic nitrogens is 2. The standard InChI is InChI=1S/C20H19N3O2/c1-25-13-12-23-19(15-10-6-3-7-11-15)16-17(14-8-4-2-5-9-14)21-22-18(16)20(23)24/h2-11,19H,12-13H2,1H3,(H,21,22). The third-order valence-corrected chi connectivity index (χ3v) is 4.56. The first-order valence-electron chi connectivity index (χ1n) is 8.30. The summed E-state index contributed by atoms with van der Waals surface area (Å²) in [5, 5.41) is 7.40. The molecule has 0 fully saturated rings. The first-order chi connectivity index (χ1) is 12.3. The molecule has 0 saturated carbocycles. The molecule has 1 aromatic heterocycles. The van der Waals surface area contributed by atoms with Gasteiger partial charge in [0.1, 0.15) is 5.69 Å². The van der Waals surface area contributed by atoms with Crippen LogP contribution >= 0.6 is 0 Å². The number of ether oxygens (including phenoxy) is 1. The molecule has 0 spiro atoms. The molecule has 5 nitrogen and oxygen atoms in total. The summed E-state index contributed by atoms with van der Waals surface area (Å²) < 4.78 is 5.21. The van der Waals surface area contributed by atoms with Gasteiger partial charge in [0.25, 0.3) is 5.91 Å². The maximum absolute atomic E-state index is 12.9. The number of H-pyrrole nitrogens is 1. The van der Waals surface area contributed by atoms with Gasteiger partial charge in [-0.2, -0.15) is 5.10 Å². The van der Waals surface area contributed by atoms with Crippen molar-refractivity contribution in [3.8, 4) is 11.3 Å². The molecule has 0 bridgehead atoms. The first kappa shape index (κ1) is 15.6. The van der Waals surface area contributed by atoms with Crippen LogP contribution in [0, 0.1) is 0 Å². The second kappa shape index (κ2) is 6.53. The van der Waals surface area contributed by atoms with E-state index >= 15 is 0 Å². The van der Waals surface area contributed by atoms with Crippen molar-refractivity contribution in [2.45, 2.75) is 6.04 Å². The van der Waals surface area contributed by atoms with Gasteiger partial charge in [-0.15, -0.1) is 0 Å². The second-order valence-electron chi connectivity index (χ2n) is 6.03. The molecule has 1 amide bonds. The molecule has 126 valence electrons. The Morgan fingerprint density at radius 3 is 2.44 bits per heavy atom. The molecule has 25 heavy (non-hydrogen) atoms. The number of fused-ring (bicyclic) bond motifs is 1. The topological polar surface area (TPSA) is 58.2 Å². The molecule has 1 unspecified atom stereocenters. The summed E-state index contributed by atoms with van der Waals surface area (Å²) in [7, 11) is 1.65. The molecule has 0 saturated heterocycles. The van der Waals surface area contributed by atoms with Crippen molar-refractivity contribution >= 4 is 5.91 Å². The van der Waals surface area contributed by atoms with Crippen LogP contribution in [0.15, 0.2) is 60.7 Å². The minimum Gasteiger partial charge on any atom is -0.383 e. The minimum absolute atomic E-state index is 0.0319. The highest BCUT2D eigenvalue weighted by Crippen LogP contribution is 2.42. The highest BCUT2D eigenvalue weighted by molar-refractivity contribution is 6.00. The Labute approximate surface area is 146 Å². The third kappa shape index (κ3) is 2.62. The fourth-order valence-corrected chi connectivity index (χ4v) is 3.41. The van der Waals surface area contributed by atoms with Crippen LogP contribution in [0.2, 0.25) is 0 Å². The Bertz CT molecular complexity index is 874. The van der Waals surface area contributed by atoms with Crippen LogP contribution in [0.3, 0.4) is 0 Å². The molecule has 2 heterocycles. The lowest BCUT2D eigenvalue weighted by Crippen LogP contribution is -2.32. The van der Waals surface area contributed by atoms with Crippen LogP contribution in [0.1, 0.15) is 27.7 Å². The van der Waals surface area contributed by atoms with Crippen molar-refractivity contribution in [2.24, 2.45) is 0 Å². The summed E-state index contributed by atoms with van der Waals surface area (Å²) in [4.78, 5) is 14.8.